The largest absolute Gasteiger partial charge is 0.490 e. The summed E-state index contributed by atoms with van der Waals surface area (Å²) in [6, 6.07) is 3.99. The summed E-state index contributed by atoms with van der Waals surface area (Å²) in [4.78, 5) is 0. The molecule has 0 amide bonds. The number of ether oxygens (including phenoxy) is 3. The van der Waals surface area contributed by atoms with Crippen molar-refractivity contribution in [2.24, 2.45) is 11.8 Å². The third kappa shape index (κ3) is 3.28. The van der Waals surface area contributed by atoms with Crippen LogP contribution in [0.15, 0.2) is 30.7 Å². The van der Waals surface area contributed by atoms with Gasteiger partial charge in [0.15, 0.2) is 11.6 Å². The lowest BCUT2D eigenvalue weighted by Gasteiger charge is -2.30. The van der Waals surface area contributed by atoms with E-state index in [1.54, 1.807) is 12.5 Å². The van der Waals surface area contributed by atoms with E-state index in [1.807, 2.05) is 0 Å². The number of halogens is 2. The van der Waals surface area contributed by atoms with Crippen LogP contribution in [0.4, 0.5) is 8.78 Å². The average Bonchev–Trinajstić information content (AvgIpc) is 3.04. The molecule has 1 saturated carbocycles. The summed E-state index contributed by atoms with van der Waals surface area (Å²) in [6.45, 7) is 0.414. The van der Waals surface area contributed by atoms with Gasteiger partial charge in [-0.25, -0.2) is 4.39 Å². The fraction of sp³-hybridized carbons (Fsp3) is 0.500. The number of benzene rings is 1. The second kappa shape index (κ2) is 6.33. The van der Waals surface area contributed by atoms with Crippen molar-refractivity contribution in [3.05, 3.63) is 42.4 Å². The lowest BCUT2D eigenvalue weighted by Crippen LogP contribution is -2.28. The molecule has 2 aliphatic rings. The average molecular weight is 296 g/mol. The summed E-state index contributed by atoms with van der Waals surface area (Å²) >= 11 is 0. The second-order valence-electron chi connectivity index (χ2n) is 5.56. The van der Waals surface area contributed by atoms with Gasteiger partial charge in [0.1, 0.15) is 12.5 Å². The first kappa shape index (κ1) is 14.2. The molecule has 0 atom stereocenters. The van der Waals surface area contributed by atoms with Gasteiger partial charge in [0, 0.05) is 5.92 Å². The zero-order chi connectivity index (χ0) is 14.7. The highest BCUT2D eigenvalue weighted by Gasteiger charge is 2.31. The van der Waals surface area contributed by atoms with Crippen molar-refractivity contribution in [3.8, 4) is 5.75 Å². The number of hydrogen-bond acceptors (Lipinski definition) is 3. The van der Waals surface area contributed by atoms with E-state index >= 15 is 0 Å². The van der Waals surface area contributed by atoms with E-state index in [2.05, 4.69) is 0 Å². The van der Waals surface area contributed by atoms with E-state index in [1.165, 1.54) is 12.1 Å². The lowest BCUT2D eigenvalue weighted by molar-refractivity contribution is -0.0808. The molecule has 114 valence electrons. The van der Waals surface area contributed by atoms with Crippen molar-refractivity contribution in [1.29, 1.82) is 0 Å². The van der Waals surface area contributed by atoms with E-state index in [-0.39, 0.29) is 12.0 Å². The minimum Gasteiger partial charge on any atom is -0.490 e. The maximum absolute atomic E-state index is 13.5. The van der Waals surface area contributed by atoms with Gasteiger partial charge in [-0.15, -0.1) is 0 Å². The van der Waals surface area contributed by atoms with Crippen molar-refractivity contribution in [2.45, 2.75) is 32.0 Å². The van der Waals surface area contributed by atoms with Crippen molar-refractivity contribution in [1.82, 2.24) is 0 Å². The van der Waals surface area contributed by atoms with Gasteiger partial charge in [0.2, 0.25) is 12.1 Å². The van der Waals surface area contributed by atoms with Crippen LogP contribution in [-0.2, 0) is 9.47 Å². The molecule has 0 radical (unpaired) electrons. The Kier molecular flexibility index (Phi) is 4.27. The SMILES string of the molecule is Fc1cccc(OCC2CCC(C3OC=CO3)CC2)c1F. The van der Waals surface area contributed by atoms with Crippen LogP contribution in [0.1, 0.15) is 25.7 Å². The van der Waals surface area contributed by atoms with Gasteiger partial charge >= 0.3 is 0 Å². The Morgan fingerprint density at radius 2 is 1.76 bits per heavy atom. The molecule has 3 rings (SSSR count). The molecule has 0 N–H and O–H groups in total. The molecule has 0 aromatic heterocycles. The highest BCUT2D eigenvalue weighted by Crippen LogP contribution is 2.34. The molecular formula is C16H18F2O3. The number of rotatable bonds is 4. The molecule has 1 aromatic carbocycles. The first-order chi connectivity index (χ1) is 10.2. The van der Waals surface area contributed by atoms with Crippen LogP contribution in [0.2, 0.25) is 0 Å². The predicted octanol–water partition coefficient (Wildman–Crippen LogP) is 3.99. The second-order valence-corrected chi connectivity index (χ2v) is 5.56. The zero-order valence-electron chi connectivity index (χ0n) is 11.6. The van der Waals surface area contributed by atoms with Gasteiger partial charge < -0.3 is 14.2 Å². The van der Waals surface area contributed by atoms with Crippen LogP contribution in [0.5, 0.6) is 5.75 Å². The molecule has 1 fully saturated rings. The predicted molar refractivity (Wildman–Crippen MR) is 72.4 cm³/mol. The van der Waals surface area contributed by atoms with Gasteiger partial charge in [-0.1, -0.05) is 6.07 Å². The van der Waals surface area contributed by atoms with E-state index in [0.717, 1.165) is 31.7 Å². The summed E-state index contributed by atoms with van der Waals surface area (Å²) in [6.07, 6.45) is 6.93. The van der Waals surface area contributed by atoms with E-state index in [4.69, 9.17) is 14.2 Å². The maximum atomic E-state index is 13.5. The first-order valence-corrected chi connectivity index (χ1v) is 7.27. The molecular weight excluding hydrogens is 278 g/mol. The molecule has 0 bridgehead atoms. The zero-order valence-corrected chi connectivity index (χ0v) is 11.6. The molecule has 0 spiro atoms. The minimum atomic E-state index is -0.912. The summed E-state index contributed by atoms with van der Waals surface area (Å²) in [5.74, 6) is -1.05. The molecule has 0 unspecified atom stereocenters. The van der Waals surface area contributed by atoms with Crippen LogP contribution in [0.25, 0.3) is 0 Å². The summed E-state index contributed by atoms with van der Waals surface area (Å²) in [5.41, 5.74) is 0. The lowest BCUT2D eigenvalue weighted by atomic mass is 9.82. The monoisotopic (exact) mass is 296 g/mol. The van der Waals surface area contributed by atoms with Gasteiger partial charge in [-0.2, -0.15) is 4.39 Å². The Morgan fingerprint density at radius 1 is 1.05 bits per heavy atom. The third-order valence-electron chi connectivity index (χ3n) is 4.15. The number of hydrogen-bond donors (Lipinski definition) is 0. The molecule has 21 heavy (non-hydrogen) atoms. The van der Waals surface area contributed by atoms with Crippen molar-refractivity contribution >= 4 is 0 Å². The highest BCUT2D eigenvalue weighted by atomic mass is 19.2. The fourth-order valence-electron chi connectivity index (χ4n) is 2.90. The van der Waals surface area contributed by atoms with Gasteiger partial charge in [0.05, 0.1) is 6.61 Å². The summed E-state index contributed by atoms with van der Waals surface area (Å²) in [5, 5.41) is 0. The Bertz CT molecular complexity index is 502. The van der Waals surface area contributed by atoms with Crippen LogP contribution in [0, 0.1) is 23.5 Å². The molecule has 0 saturated heterocycles. The fourth-order valence-corrected chi connectivity index (χ4v) is 2.90. The summed E-state index contributed by atoms with van der Waals surface area (Å²) < 4.78 is 42.7. The third-order valence-corrected chi connectivity index (χ3v) is 4.15. The Labute approximate surface area is 122 Å². The van der Waals surface area contributed by atoms with Crippen LogP contribution in [0.3, 0.4) is 0 Å². The van der Waals surface area contributed by atoms with E-state index in [9.17, 15) is 8.78 Å². The molecule has 5 heteroatoms. The van der Waals surface area contributed by atoms with Crippen molar-refractivity contribution in [2.75, 3.05) is 6.61 Å². The van der Waals surface area contributed by atoms with Crippen molar-refractivity contribution < 1.29 is 23.0 Å². The maximum Gasteiger partial charge on any atom is 0.242 e. The topological polar surface area (TPSA) is 27.7 Å². The molecule has 1 heterocycles. The Balaban J connectivity index is 1.46. The smallest absolute Gasteiger partial charge is 0.242 e. The molecule has 1 aliphatic carbocycles. The van der Waals surface area contributed by atoms with Crippen LogP contribution < -0.4 is 4.74 Å². The minimum absolute atomic E-state index is 0.0104. The van der Waals surface area contributed by atoms with Gasteiger partial charge in [-0.3, -0.25) is 0 Å². The van der Waals surface area contributed by atoms with Crippen molar-refractivity contribution in [3.63, 3.8) is 0 Å². The van der Waals surface area contributed by atoms with Gasteiger partial charge in [0.25, 0.3) is 0 Å². The van der Waals surface area contributed by atoms with E-state index < -0.39 is 11.6 Å². The van der Waals surface area contributed by atoms with E-state index in [0.29, 0.717) is 18.4 Å². The standard InChI is InChI=1S/C16H18F2O3/c17-13-2-1-3-14(15(13)18)21-10-11-4-6-12(7-5-11)16-19-8-9-20-16/h1-3,8-9,11-12,16H,4-7,10H2. The first-order valence-electron chi connectivity index (χ1n) is 7.27. The highest BCUT2D eigenvalue weighted by molar-refractivity contribution is 5.25. The normalized spacial score (nSPS) is 25.4. The quantitative estimate of drug-likeness (QED) is 0.840. The Hall–Kier alpha value is -1.78. The summed E-state index contributed by atoms with van der Waals surface area (Å²) in [7, 11) is 0. The van der Waals surface area contributed by atoms with Gasteiger partial charge in [-0.05, 0) is 43.7 Å². The molecule has 1 aromatic rings. The molecule has 1 aliphatic heterocycles. The van der Waals surface area contributed by atoms with Crippen LogP contribution >= 0.6 is 0 Å². The van der Waals surface area contributed by atoms with Crippen LogP contribution in [-0.4, -0.2) is 12.9 Å². The molecule has 3 nitrogen and oxygen atoms in total. The Morgan fingerprint density at radius 3 is 2.48 bits per heavy atom.